The van der Waals surface area contributed by atoms with Crippen LogP contribution in [0.2, 0.25) is 0 Å². The molecule has 1 aliphatic heterocycles. The van der Waals surface area contributed by atoms with Gasteiger partial charge in [0, 0.05) is 38.2 Å². The van der Waals surface area contributed by atoms with E-state index in [0.717, 1.165) is 40.4 Å². The van der Waals surface area contributed by atoms with Crippen molar-refractivity contribution in [3.63, 3.8) is 0 Å². The molecule has 7 heteroatoms. The average molecular weight is 353 g/mol. The number of anilines is 1. The van der Waals surface area contributed by atoms with E-state index in [1.54, 1.807) is 29.9 Å². The fraction of sp³-hybridized carbons (Fsp3) is 0.333. The molecule has 1 unspecified atom stereocenters. The van der Waals surface area contributed by atoms with E-state index in [2.05, 4.69) is 25.2 Å². The molecule has 1 atom stereocenters. The van der Waals surface area contributed by atoms with E-state index in [-0.39, 0.29) is 11.8 Å². The highest BCUT2D eigenvalue weighted by Gasteiger charge is 2.27. The van der Waals surface area contributed by atoms with Crippen molar-refractivity contribution in [1.82, 2.24) is 20.3 Å². The normalized spacial score (nSPS) is 17.6. The molecule has 3 aromatic rings. The summed E-state index contributed by atoms with van der Waals surface area (Å²) in [6.45, 7) is 2.17. The number of hydrogen-bond donors (Lipinski definition) is 1. The average Bonchev–Trinajstić information content (AvgIpc) is 3.11. The maximum Gasteiger partial charge on any atom is 0.225 e. The van der Waals surface area contributed by atoms with Gasteiger partial charge in [0.15, 0.2) is 5.13 Å². The number of hydrogen-bond acceptors (Lipinski definition) is 6. The summed E-state index contributed by atoms with van der Waals surface area (Å²) in [5.41, 5.74) is 1.94. The van der Waals surface area contributed by atoms with Crippen LogP contribution >= 0.6 is 11.3 Å². The molecule has 25 heavy (non-hydrogen) atoms. The number of rotatable bonds is 4. The lowest BCUT2D eigenvalue weighted by Gasteiger charge is -2.31. The van der Waals surface area contributed by atoms with Gasteiger partial charge >= 0.3 is 0 Å². The molecule has 0 saturated carbocycles. The van der Waals surface area contributed by atoms with Gasteiger partial charge in [-0.3, -0.25) is 9.78 Å². The van der Waals surface area contributed by atoms with E-state index < -0.39 is 0 Å². The summed E-state index contributed by atoms with van der Waals surface area (Å²) >= 11 is 1.59. The van der Waals surface area contributed by atoms with E-state index in [9.17, 15) is 4.79 Å². The predicted octanol–water partition coefficient (Wildman–Crippen LogP) is 2.62. The Labute approximate surface area is 149 Å². The highest BCUT2D eigenvalue weighted by atomic mass is 32.1. The number of pyridine rings is 2. The second-order valence-corrected chi connectivity index (χ2v) is 7.14. The summed E-state index contributed by atoms with van der Waals surface area (Å²) in [7, 11) is 0. The summed E-state index contributed by atoms with van der Waals surface area (Å²) in [5, 5.41) is 3.99. The van der Waals surface area contributed by atoms with Gasteiger partial charge in [-0.05, 0) is 36.6 Å². The van der Waals surface area contributed by atoms with E-state index >= 15 is 0 Å². The molecule has 3 aromatic heterocycles. The predicted molar refractivity (Wildman–Crippen MR) is 98.4 cm³/mol. The molecule has 0 spiro atoms. The molecule has 1 N–H and O–H groups in total. The molecule has 4 rings (SSSR count). The number of nitrogens with one attached hydrogen (secondary N) is 1. The fourth-order valence-electron chi connectivity index (χ4n) is 3.09. The van der Waals surface area contributed by atoms with Crippen LogP contribution in [-0.4, -0.2) is 33.9 Å². The fourth-order valence-corrected chi connectivity index (χ4v) is 4.04. The molecule has 4 heterocycles. The lowest BCUT2D eigenvalue weighted by Crippen LogP contribution is -2.42. The van der Waals surface area contributed by atoms with Crippen LogP contribution in [0.25, 0.3) is 10.3 Å². The van der Waals surface area contributed by atoms with E-state index in [1.165, 1.54) is 0 Å². The van der Waals surface area contributed by atoms with E-state index in [0.29, 0.717) is 13.1 Å². The molecule has 1 fully saturated rings. The minimum absolute atomic E-state index is 0.00890. The van der Waals surface area contributed by atoms with Crippen molar-refractivity contribution in [2.75, 3.05) is 18.0 Å². The van der Waals surface area contributed by atoms with Gasteiger partial charge in [0.25, 0.3) is 0 Å². The van der Waals surface area contributed by atoms with Crippen LogP contribution in [0.4, 0.5) is 5.13 Å². The lowest BCUT2D eigenvalue weighted by molar-refractivity contribution is -0.125. The molecule has 128 valence electrons. The number of fused-ring (bicyclic) bond motifs is 1. The molecule has 1 saturated heterocycles. The first-order valence-electron chi connectivity index (χ1n) is 8.43. The van der Waals surface area contributed by atoms with Crippen molar-refractivity contribution in [3.05, 3.63) is 48.4 Å². The molecular weight excluding hydrogens is 334 g/mol. The smallest absolute Gasteiger partial charge is 0.225 e. The van der Waals surface area contributed by atoms with Gasteiger partial charge in [0.05, 0.1) is 5.92 Å². The number of thiazole rings is 1. The zero-order valence-corrected chi connectivity index (χ0v) is 14.6. The van der Waals surface area contributed by atoms with Crippen LogP contribution in [0.5, 0.6) is 0 Å². The maximum atomic E-state index is 12.5. The Morgan fingerprint density at radius 1 is 1.32 bits per heavy atom. The van der Waals surface area contributed by atoms with Crippen LogP contribution < -0.4 is 10.2 Å². The molecule has 1 aliphatic rings. The Kier molecular flexibility index (Phi) is 4.56. The van der Waals surface area contributed by atoms with Crippen LogP contribution in [0, 0.1) is 5.92 Å². The summed E-state index contributed by atoms with van der Waals surface area (Å²) in [4.78, 5) is 28.8. The van der Waals surface area contributed by atoms with Crippen molar-refractivity contribution in [2.24, 2.45) is 5.92 Å². The molecule has 0 aliphatic carbocycles. The van der Waals surface area contributed by atoms with Gasteiger partial charge in [-0.25, -0.2) is 9.97 Å². The first-order chi connectivity index (χ1) is 12.3. The zero-order valence-electron chi connectivity index (χ0n) is 13.8. The third kappa shape index (κ3) is 3.61. The zero-order chi connectivity index (χ0) is 17.1. The van der Waals surface area contributed by atoms with Crippen molar-refractivity contribution < 1.29 is 4.79 Å². The second kappa shape index (κ2) is 7.14. The number of nitrogens with zero attached hydrogens (tertiary/aromatic N) is 4. The highest BCUT2D eigenvalue weighted by Crippen LogP contribution is 2.30. The van der Waals surface area contributed by atoms with Crippen molar-refractivity contribution in [2.45, 2.75) is 19.4 Å². The monoisotopic (exact) mass is 353 g/mol. The summed E-state index contributed by atoms with van der Waals surface area (Å²) in [6.07, 6.45) is 7.21. The summed E-state index contributed by atoms with van der Waals surface area (Å²) in [6, 6.07) is 7.72. The van der Waals surface area contributed by atoms with Crippen LogP contribution in [-0.2, 0) is 11.3 Å². The third-order valence-electron chi connectivity index (χ3n) is 4.41. The number of carbonyl (C=O) groups is 1. The van der Waals surface area contributed by atoms with Gasteiger partial charge in [-0.15, -0.1) is 0 Å². The Morgan fingerprint density at radius 2 is 2.24 bits per heavy atom. The lowest BCUT2D eigenvalue weighted by atomic mass is 9.97. The Balaban J connectivity index is 1.41. The topological polar surface area (TPSA) is 71.0 Å². The summed E-state index contributed by atoms with van der Waals surface area (Å²) in [5.74, 6) is 0.0955. The largest absolute Gasteiger partial charge is 0.352 e. The van der Waals surface area contributed by atoms with E-state index in [1.807, 2.05) is 24.3 Å². The molecule has 0 radical (unpaired) electrons. The second-order valence-electron chi connectivity index (χ2n) is 6.19. The first-order valence-corrected chi connectivity index (χ1v) is 9.24. The number of piperidine rings is 1. The number of aromatic nitrogens is 3. The van der Waals surface area contributed by atoms with E-state index in [4.69, 9.17) is 0 Å². The van der Waals surface area contributed by atoms with Crippen LogP contribution in [0.3, 0.4) is 0 Å². The Morgan fingerprint density at radius 3 is 3.08 bits per heavy atom. The molecule has 0 bridgehead atoms. The van der Waals surface area contributed by atoms with Crippen LogP contribution in [0.15, 0.2) is 42.9 Å². The Hall–Kier alpha value is -2.54. The van der Waals surface area contributed by atoms with Gasteiger partial charge < -0.3 is 10.2 Å². The van der Waals surface area contributed by atoms with Crippen molar-refractivity contribution >= 4 is 32.7 Å². The Bertz CT molecular complexity index is 833. The van der Waals surface area contributed by atoms with Crippen molar-refractivity contribution in [3.8, 4) is 0 Å². The third-order valence-corrected chi connectivity index (χ3v) is 5.45. The molecule has 6 nitrogen and oxygen atoms in total. The number of carbonyl (C=O) groups excluding carboxylic acids is 1. The van der Waals surface area contributed by atoms with Crippen LogP contribution in [0.1, 0.15) is 18.4 Å². The quantitative estimate of drug-likeness (QED) is 0.781. The van der Waals surface area contributed by atoms with Gasteiger partial charge in [0.2, 0.25) is 5.91 Å². The molecule has 0 aromatic carbocycles. The van der Waals surface area contributed by atoms with Gasteiger partial charge in [-0.2, -0.15) is 0 Å². The minimum atomic E-state index is -0.00890. The molecular formula is C18H19N5OS. The summed E-state index contributed by atoms with van der Waals surface area (Å²) < 4.78 is 0. The number of amides is 1. The van der Waals surface area contributed by atoms with Crippen molar-refractivity contribution in [1.29, 1.82) is 0 Å². The van der Waals surface area contributed by atoms with Gasteiger partial charge in [0.1, 0.15) is 10.3 Å². The SMILES string of the molecule is O=C(NCc1cccnc1)C1CCCN(c2nc3cccnc3s2)C1. The van der Waals surface area contributed by atoms with Gasteiger partial charge in [-0.1, -0.05) is 17.4 Å². The molecule has 1 amide bonds. The first kappa shape index (κ1) is 16.0. The minimum Gasteiger partial charge on any atom is -0.352 e. The highest BCUT2D eigenvalue weighted by molar-refractivity contribution is 7.21. The standard InChI is InChI=1S/C18H19N5OS/c24-16(21-11-13-4-1-7-19-10-13)14-5-3-9-23(12-14)18-22-15-6-2-8-20-17(15)25-18/h1-2,4,6-8,10,14H,3,5,9,11-12H2,(H,21,24). The maximum absolute atomic E-state index is 12.5.